The lowest BCUT2D eigenvalue weighted by molar-refractivity contribution is -0.137. The molecule has 0 radical (unpaired) electrons. The molecule has 0 aliphatic rings. The zero-order valence-electron chi connectivity index (χ0n) is 17.8. The van der Waals surface area contributed by atoms with E-state index in [1.54, 1.807) is 31.2 Å². The average Bonchev–Trinajstić information content (AvgIpc) is 2.69. The van der Waals surface area contributed by atoms with Crippen LogP contribution in [-0.4, -0.2) is 16.6 Å². The van der Waals surface area contributed by atoms with Gasteiger partial charge in [-0.05, 0) is 42.2 Å². The molecule has 3 aromatic rings. The van der Waals surface area contributed by atoms with Gasteiger partial charge in [0, 0.05) is 11.9 Å². The smallest absolute Gasteiger partial charge is 0.421 e. The Morgan fingerprint density at radius 1 is 0.935 bits per heavy atom. The predicted molar refractivity (Wildman–Crippen MR) is 116 cm³/mol. The van der Waals surface area contributed by atoms with E-state index in [-0.39, 0.29) is 17.2 Å². The van der Waals surface area contributed by atoms with Gasteiger partial charge in [-0.3, -0.25) is 0 Å². The number of ether oxygens (including phenoxy) is 1. The van der Waals surface area contributed by atoms with Crippen LogP contribution in [0.4, 0.5) is 36.3 Å². The molecule has 1 heterocycles. The summed E-state index contributed by atoms with van der Waals surface area (Å²) in [5.41, 5.74) is 1.23. The van der Waals surface area contributed by atoms with E-state index < -0.39 is 11.7 Å². The van der Waals surface area contributed by atoms with Crippen LogP contribution in [-0.2, 0) is 11.6 Å². The van der Waals surface area contributed by atoms with Crippen molar-refractivity contribution in [1.29, 1.82) is 0 Å². The highest BCUT2D eigenvalue weighted by Gasteiger charge is 2.35. The lowest BCUT2D eigenvalue weighted by Gasteiger charge is -2.19. The molecule has 8 heteroatoms. The molecule has 2 aromatic carbocycles. The van der Waals surface area contributed by atoms with Gasteiger partial charge in [-0.1, -0.05) is 45.0 Å². The number of hydrogen-bond donors (Lipinski definition) is 2. The monoisotopic (exact) mass is 430 g/mol. The summed E-state index contributed by atoms with van der Waals surface area (Å²) in [7, 11) is 0. The van der Waals surface area contributed by atoms with Crippen LogP contribution in [0.1, 0.15) is 38.8 Å². The van der Waals surface area contributed by atoms with Crippen molar-refractivity contribution < 1.29 is 17.9 Å². The minimum Gasteiger partial charge on any atom is -0.492 e. The lowest BCUT2D eigenvalue weighted by Crippen LogP contribution is -2.13. The molecule has 0 bridgehead atoms. The van der Waals surface area contributed by atoms with Crippen LogP contribution in [0.2, 0.25) is 0 Å². The number of rotatable bonds is 6. The summed E-state index contributed by atoms with van der Waals surface area (Å²) in [6.07, 6.45) is -3.85. The fourth-order valence-corrected chi connectivity index (χ4v) is 2.91. The molecule has 0 saturated carbocycles. The first kappa shape index (κ1) is 22.4. The van der Waals surface area contributed by atoms with Gasteiger partial charge < -0.3 is 15.4 Å². The average molecular weight is 430 g/mol. The number of hydrogen-bond acceptors (Lipinski definition) is 5. The summed E-state index contributed by atoms with van der Waals surface area (Å²) in [5.74, 6) is 0.125. The van der Waals surface area contributed by atoms with E-state index in [0.29, 0.717) is 23.7 Å². The minimum absolute atomic E-state index is 0.00553. The van der Waals surface area contributed by atoms with E-state index in [1.165, 1.54) is 0 Å². The second kappa shape index (κ2) is 8.83. The third-order valence-electron chi connectivity index (χ3n) is 4.54. The number of halogens is 3. The van der Waals surface area contributed by atoms with Gasteiger partial charge in [0.1, 0.15) is 17.1 Å². The van der Waals surface area contributed by atoms with Gasteiger partial charge in [-0.25, -0.2) is 4.98 Å². The fourth-order valence-electron chi connectivity index (χ4n) is 2.91. The zero-order chi connectivity index (χ0) is 22.6. The molecule has 3 rings (SSSR count). The fraction of sp³-hybridized carbons (Fsp3) is 0.304. The van der Waals surface area contributed by atoms with E-state index in [1.807, 2.05) is 24.3 Å². The molecule has 0 fully saturated rings. The second-order valence-electron chi connectivity index (χ2n) is 7.96. The first-order chi connectivity index (χ1) is 14.6. The molecule has 0 atom stereocenters. The van der Waals surface area contributed by atoms with Crippen molar-refractivity contribution >= 4 is 23.1 Å². The Morgan fingerprint density at radius 2 is 1.61 bits per heavy atom. The molecule has 0 saturated heterocycles. The summed E-state index contributed by atoms with van der Waals surface area (Å²) in [5, 5.41) is 5.72. The maximum Gasteiger partial charge on any atom is 0.421 e. The van der Waals surface area contributed by atoms with E-state index in [0.717, 1.165) is 11.8 Å². The van der Waals surface area contributed by atoms with Gasteiger partial charge in [-0.15, -0.1) is 0 Å². The van der Waals surface area contributed by atoms with Crippen molar-refractivity contribution in [3.63, 3.8) is 0 Å². The van der Waals surface area contributed by atoms with Crippen molar-refractivity contribution in [2.75, 3.05) is 17.2 Å². The van der Waals surface area contributed by atoms with Crippen LogP contribution < -0.4 is 15.4 Å². The van der Waals surface area contributed by atoms with Crippen LogP contribution in [0.3, 0.4) is 0 Å². The number of nitrogens with zero attached hydrogens (tertiary/aromatic N) is 2. The third kappa shape index (κ3) is 5.65. The van der Waals surface area contributed by atoms with E-state index in [2.05, 4.69) is 41.4 Å². The normalized spacial score (nSPS) is 11.8. The highest BCUT2D eigenvalue weighted by Crippen LogP contribution is 2.37. The van der Waals surface area contributed by atoms with Gasteiger partial charge in [0.2, 0.25) is 5.95 Å². The molecular weight excluding hydrogens is 405 g/mol. The molecule has 0 aliphatic carbocycles. The van der Waals surface area contributed by atoms with Gasteiger partial charge in [0.05, 0.1) is 12.3 Å². The Morgan fingerprint density at radius 3 is 2.23 bits per heavy atom. The van der Waals surface area contributed by atoms with Crippen molar-refractivity contribution in [2.24, 2.45) is 0 Å². The van der Waals surface area contributed by atoms with Crippen LogP contribution in [0.25, 0.3) is 0 Å². The molecule has 0 unspecified atom stereocenters. The molecular formula is C23H25F3N4O. The Bertz CT molecular complexity index is 1030. The number of anilines is 4. The van der Waals surface area contributed by atoms with E-state index >= 15 is 0 Å². The molecule has 2 N–H and O–H groups in total. The van der Waals surface area contributed by atoms with Crippen molar-refractivity contribution in [3.05, 3.63) is 65.9 Å². The van der Waals surface area contributed by atoms with Crippen molar-refractivity contribution in [1.82, 2.24) is 9.97 Å². The maximum absolute atomic E-state index is 13.5. The van der Waals surface area contributed by atoms with E-state index in [4.69, 9.17) is 4.74 Å². The molecule has 0 spiro atoms. The summed E-state index contributed by atoms with van der Waals surface area (Å²) in [4.78, 5) is 7.95. The predicted octanol–water partition coefficient (Wildman–Crippen LogP) is 6.68. The maximum atomic E-state index is 13.5. The standard InChI is InChI=1S/C23H25F3N4O/c1-5-31-19-9-7-6-8-18(19)29-20-17(23(24,25)26)14-27-21(30-20)28-16-12-10-15(11-13-16)22(2,3)4/h6-14H,5H2,1-4H3,(H2,27,28,29,30). The number of alkyl halides is 3. The highest BCUT2D eigenvalue weighted by molar-refractivity contribution is 5.67. The van der Waals surface area contributed by atoms with Gasteiger partial charge >= 0.3 is 6.18 Å². The first-order valence-electron chi connectivity index (χ1n) is 9.88. The Kier molecular flexibility index (Phi) is 6.38. The summed E-state index contributed by atoms with van der Waals surface area (Å²) in [6, 6.07) is 14.4. The molecule has 1 aromatic heterocycles. The van der Waals surface area contributed by atoms with Crippen LogP contribution in [0, 0.1) is 0 Å². The SMILES string of the molecule is CCOc1ccccc1Nc1nc(Nc2ccc(C(C)(C)C)cc2)ncc1C(F)(F)F. The Balaban J connectivity index is 1.92. The summed E-state index contributed by atoms with van der Waals surface area (Å²) >= 11 is 0. The number of nitrogens with one attached hydrogen (secondary N) is 2. The lowest BCUT2D eigenvalue weighted by atomic mass is 9.87. The van der Waals surface area contributed by atoms with E-state index in [9.17, 15) is 13.2 Å². The Hall–Kier alpha value is -3.29. The molecule has 164 valence electrons. The van der Waals surface area contributed by atoms with Gasteiger partial charge in [0.15, 0.2) is 0 Å². The molecule has 0 amide bonds. The van der Waals surface area contributed by atoms with Crippen LogP contribution in [0.5, 0.6) is 5.75 Å². The largest absolute Gasteiger partial charge is 0.492 e. The molecule has 31 heavy (non-hydrogen) atoms. The number of benzene rings is 2. The second-order valence-corrected chi connectivity index (χ2v) is 7.96. The van der Waals surface area contributed by atoms with Gasteiger partial charge in [0.25, 0.3) is 0 Å². The van der Waals surface area contributed by atoms with Crippen molar-refractivity contribution in [3.8, 4) is 5.75 Å². The zero-order valence-corrected chi connectivity index (χ0v) is 17.8. The quantitative estimate of drug-likeness (QED) is 0.457. The minimum atomic E-state index is -4.62. The first-order valence-corrected chi connectivity index (χ1v) is 9.88. The summed E-state index contributed by atoms with van der Waals surface area (Å²) in [6.45, 7) is 8.49. The topological polar surface area (TPSA) is 59.1 Å². The Labute approximate surface area is 179 Å². The number of para-hydroxylation sites is 2. The van der Waals surface area contributed by atoms with Gasteiger partial charge in [-0.2, -0.15) is 18.2 Å². The van der Waals surface area contributed by atoms with Crippen LogP contribution >= 0.6 is 0 Å². The van der Waals surface area contributed by atoms with Crippen LogP contribution in [0.15, 0.2) is 54.7 Å². The third-order valence-corrected chi connectivity index (χ3v) is 4.54. The number of aromatic nitrogens is 2. The highest BCUT2D eigenvalue weighted by atomic mass is 19.4. The summed E-state index contributed by atoms with van der Waals surface area (Å²) < 4.78 is 46.1. The molecule has 0 aliphatic heterocycles. The molecule has 5 nitrogen and oxygen atoms in total. The van der Waals surface area contributed by atoms with Crippen molar-refractivity contribution in [2.45, 2.75) is 39.3 Å².